The minimum atomic E-state index is -1.82. The molecule has 2 atom stereocenters. The fourth-order valence-corrected chi connectivity index (χ4v) is 3.71. The highest BCUT2D eigenvalue weighted by atomic mass is 16.5. The largest absolute Gasteiger partial charge is 0.473 e. The van der Waals surface area contributed by atoms with Crippen molar-refractivity contribution in [1.82, 2.24) is 9.80 Å². The number of ether oxygens (including phenoxy) is 1. The normalized spacial score (nSPS) is 23.4. The van der Waals surface area contributed by atoms with Crippen molar-refractivity contribution in [3.63, 3.8) is 0 Å². The third-order valence-electron chi connectivity index (χ3n) is 4.92. The Hall–Kier alpha value is -2.45. The molecule has 28 heavy (non-hydrogen) atoms. The zero-order chi connectivity index (χ0) is 20.7. The van der Waals surface area contributed by atoms with E-state index in [2.05, 4.69) is 18.7 Å². The lowest BCUT2D eigenvalue weighted by Crippen LogP contribution is -2.53. The number of carbonyl (C=O) groups is 3. The zero-order valence-corrected chi connectivity index (χ0v) is 16.3. The maximum Gasteiger partial charge on any atom is 0.414 e. The lowest BCUT2D eigenvalue weighted by atomic mass is 10.0. The van der Waals surface area contributed by atoms with Gasteiger partial charge in [-0.25, -0.2) is 9.59 Å². The number of amides is 1. The van der Waals surface area contributed by atoms with Crippen LogP contribution in [0.3, 0.4) is 0 Å². The second-order valence-electron chi connectivity index (χ2n) is 7.21. The summed E-state index contributed by atoms with van der Waals surface area (Å²) in [5, 5.41) is 14.8. The molecule has 8 nitrogen and oxygen atoms in total. The van der Waals surface area contributed by atoms with Crippen molar-refractivity contribution < 1.29 is 29.3 Å². The van der Waals surface area contributed by atoms with E-state index >= 15 is 0 Å². The van der Waals surface area contributed by atoms with Gasteiger partial charge >= 0.3 is 11.9 Å². The number of carbonyl (C=O) groups excluding carboxylic acids is 1. The molecule has 0 saturated carbocycles. The van der Waals surface area contributed by atoms with Crippen LogP contribution in [0.25, 0.3) is 0 Å². The van der Waals surface area contributed by atoms with Crippen LogP contribution in [0.5, 0.6) is 0 Å². The minimum absolute atomic E-state index is 0.169. The molecule has 1 aromatic carbocycles. The third-order valence-corrected chi connectivity index (χ3v) is 4.92. The second kappa shape index (κ2) is 10.2. The zero-order valence-electron chi connectivity index (χ0n) is 16.3. The number of carboxylic acid groups (broad SMARTS) is 2. The first-order chi connectivity index (χ1) is 13.3. The van der Waals surface area contributed by atoms with Gasteiger partial charge in [-0.15, -0.1) is 0 Å². The van der Waals surface area contributed by atoms with E-state index in [4.69, 9.17) is 24.5 Å². The average molecular weight is 392 g/mol. The van der Waals surface area contributed by atoms with Crippen LogP contribution in [0.15, 0.2) is 30.3 Å². The summed E-state index contributed by atoms with van der Waals surface area (Å²) in [5.74, 6) is -3.48. The van der Waals surface area contributed by atoms with E-state index in [1.54, 1.807) is 0 Å². The summed E-state index contributed by atoms with van der Waals surface area (Å²) in [7, 11) is 0. The molecule has 2 aliphatic rings. The SMILES string of the molecule is CC1CN(C2CCN(C(=O)c3ccccc3)CC2)CC(C)O1.O=C(O)C(=O)O. The monoisotopic (exact) mass is 392 g/mol. The number of piperidine rings is 1. The van der Waals surface area contributed by atoms with Crippen LogP contribution >= 0.6 is 0 Å². The first-order valence-corrected chi connectivity index (χ1v) is 9.48. The maximum absolute atomic E-state index is 12.5. The average Bonchev–Trinajstić information content (AvgIpc) is 2.68. The number of carboxylic acids is 2. The van der Waals surface area contributed by atoms with Crippen LogP contribution in [0.1, 0.15) is 37.0 Å². The molecular formula is C20H28N2O6. The highest BCUT2D eigenvalue weighted by Crippen LogP contribution is 2.22. The summed E-state index contributed by atoms with van der Waals surface area (Å²) in [6, 6.07) is 10.2. The van der Waals surface area contributed by atoms with Gasteiger partial charge in [0.2, 0.25) is 0 Å². The van der Waals surface area contributed by atoms with Crippen molar-refractivity contribution in [3.05, 3.63) is 35.9 Å². The quantitative estimate of drug-likeness (QED) is 0.736. The summed E-state index contributed by atoms with van der Waals surface area (Å²) < 4.78 is 5.82. The lowest BCUT2D eigenvalue weighted by Gasteiger charge is -2.43. The molecule has 1 amide bonds. The van der Waals surface area contributed by atoms with Gasteiger partial charge in [0.05, 0.1) is 12.2 Å². The Labute approximate surface area is 164 Å². The second-order valence-corrected chi connectivity index (χ2v) is 7.21. The number of aliphatic carboxylic acids is 2. The van der Waals surface area contributed by atoms with E-state index in [-0.39, 0.29) is 5.91 Å². The molecular weight excluding hydrogens is 364 g/mol. The lowest BCUT2D eigenvalue weighted by molar-refractivity contribution is -0.159. The Kier molecular flexibility index (Phi) is 7.95. The van der Waals surface area contributed by atoms with Crippen molar-refractivity contribution in [2.24, 2.45) is 0 Å². The highest BCUT2D eigenvalue weighted by molar-refractivity contribution is 6.27. The van der Waals surface area contributed by atoms with Gasteiger partial charge in [0.1, 0.15) is 0 Å². The van der Waals surface area contributed by atoms with E-state index < -0.39 is 11.9 Å². The van der Waals surface area contributed by atoms with Crippen LogP contribution in [-0.2, 0) is 14.3 Å². The van der Waals surface area contributed by atoms with Gasteiger partial charge in [0, 0.05) is 37.8 Å². The minimum Gasteiger partial charge on any atom is -0.473 e. The predicted octanol–water partition coefficient (Wildman–Crippen LogP) is 1.56. The van der Waals surface area contributed by atoms with E-state index in [0.29, 0.717) is 18.2 Å². The molecule has 1 aromatic rings. The molecule has 2 heterocycles. The van der Waals surface area contributed by atoms with Crippen LogP contribution in [0.2, 0.25) is 0 Å². The molecule has 2 fully saturated rings. The Morgan fingerprint density at radius 2 is 1.43 bits per heavy atom. The molecule has 8 heteroatoms. The fraction of sp³-hybridized carbons (Fsp3) is 0.550. The summed E-state index contributed by atoms with van der Waals surface area (Å²) in [6.45, 7) is 8.05. The summed E-state index contributed by atoms with van der Waals surface area (Å²) in [5.41, 5.74) is 0.801. The number of hydrogen-bond donors (Lipinski definition) is 2. The number of nitrogens with zero attached hydrogens (tertiary/aromatic N) is 2. The summed E-state index contributed by atoms with van der Waals surface area (Å²) >= 11 is 0. The van der Waals surface area contributed by atoms with Crippen LogP contribution < -0.4 is 0 Å². The topological polar surface area (TPSA) is 107 Å². The van der Waals surface area contributed by atoms with Gasteiger partial charge in [-0.1, -0.05) is 18.2 Å². The number of morpholine rings is 1. The predicted molar refractivity (Wildman–Crippen MR) is 102 cm³/mol. The molecule has 0 aromatic heterocycles. The third kappa shape index (κ3) is 6.31. The Balaban J connectivity index is 0.000000409. The van der Waals surface area contributed by atoms with Crippen molar-refractivity contribution >= 4 is 17.8 Å². The van der Waals surface area contributed by atoms with Crippen molar-refractivity contribution in [2.75, 3.05) is 26.2 Å². The molecule has 2 unspecified atom stereocenters. The van der Waals surface area contributed by atoms with Crippen LogP contribution in [-0.4, -0.2) is 82.3 Å². The van der Waals surface area contributed by atoms with Crippen molar-refractivity contribution in [1.29, 1.82) is 0 Å². The molecule has 0 bridgehead atoms. The Bertz CT molecular complexity index is 651. The van der Waals surface area contributed by atoms with Gasteiger partial charge < -0.3 is 19.8 Å². The Morgan fingerprint density at radius 3 is 1.89 bits per heavy atom. The maximum atomic E-state index is 12.5. The molecule has 2 N–H and O–H groups in total. The van der Waals surface area contributed by atoms with E-state index in [0.717, 1.165) is 44.6 Å². The van der Waals surface area contributed by atoms with Gasteiger partial charge in [-0.05, 0) is 38.8 Å². The smallest absolute Gasteiger partial charge is 0.414 e. The molecule has 2 saturated heterocycles. The highest BCUT2D eigenvalue weighted by Gasteiger charge is 2.31. The molecule has 2 aliphatic heterocycles. The van der Waals surface area contributed by atoms with Crippen LogP contribution in [0, 0.1) is 0 Å². The Morgan fingerprint density at radius 1 is 0.929 bits per heavy atom. The number of rotatable bonds is 2. The van der Waals surface area contributed by atoms with Crippen molar-refractivity contribution in [2.45, 2.75) is 44.9 Å². The molecule has 0 aliphatic carbocycles. The number of likely N-dealkylation sites (tertiary alicyclic amines) is 1. The molecule has 154 valence electrons. The molecule has 0 radical (unpaired) electrons. The molecule has 0 spiro atoms. The fourth-order valence-electron chi connectivity index (χ4n) is 3.71. The first kappa shape index (κ1) is 21.8. The van der Waals surface area contributed by atoms with Gasteiger partial charge in [-0.2, -0.15) is 0 Å². The van der Waals surface area contributed by atoms with Gasteiger partial charge in [0.15, 0.2) is 0 Å². The summed E-state index contributed by atoms with van der Waals surface area (Å²) in [6.07, 6.45) is 2.76. The van der Waals surface area contributed by atoms with Crippen LogP contribution in [0.4, 0.5) is 0 Å². The van der Waals surface area contributed by atoms with E-state index in [9.17, 15) is 4.79 Å². The number of benzene rings is 1. The van der Waals surface area contributed by atoms with E-state index in [1.807, 2.05) is 35.2 Å². The standard InChI is InChI=1S/C18H26N2O2.C2H2O4/c1-14-12-20(13-15(2)22-14)17-8-10-19(11-9-17)18(21)16-6-4-3-5-7-16;3-1(4)2(5)6/h3-7,14-15,17H,8-13H2,1-2H3;(H,3,4)(H,5,6). The first-order valence-electron chi connectivity index (χ1n) is 9.48. The van der Waals surface area contributed by atoms with Gasteiger partial charge in [-0.3, -0.25) is 9.69 Å². The van der Waals surface area contributed by atoms with E-state index in [1.165, 1.54) is 0 Å². The van der Waals surface area contributed by atoms with Crippen molar-refractivity contribution in [3.8, 4) is 0 Å². The molecule has 3 rings (SSSR count). The van der Waals surface area contributed by atoms with Gasteiger partial charge in [0.25, 0.3) is 5.91 Å². The number of hydrogen-bond acceptors (Lipinski definition) is 5. The summed E-state index contributed by atoms with van der Waals surface area (Å²) in [4.78, 5) is 35.2.